The average Bonchev–Trinajstić information content (AvgIpc) is 3.26. The number of hydrogen-bond donors (Lipinski definition) is 2. The first-order valence-corrected chi connectivity index (χ1v) is 13.3. The normalized spacial score (nSPS) is 29.6. The van der Waals surface area contributed by atoms with Gasteiger partial charge >= 0.3 is 0 Å². The summed E-state index contributed by atoms with van der Waals surface area (Å²) in [4.78, 5) is 29.3. The van der Waals surface area contributed by atoms with Gasteiger partial charge in [0.2, 0.25) is 11.8 Å². The van der Waals surface area contributed by atoms with Crippen LogP contribution in [0.3, 0.4) is 0 Å². The molecule has 0 aromatic carbocycles. The van der Waals surface area contributed by atoms with E-state index in [1.807, 2.05) is 6.92 Å². The lowest BCUT2D eigenvalue weighted by molar-refractivity contribution is -0.139. The predicted octanol–water partition coefficient (Wildman–Crippen LogP) is 3.89. The van der Waals surface area contributed by atoms with E-state index in [0.29, 0.717) is 18.9 Å². The number of carbonyl (C=O) groups excluding carboxylic acids is 2. The highest BCUT2D eigenvalue weighted by Gasteiger charge is 2.42. The minimum atomic E-state index is -0.471. The minimum Gasteiger partial charge on any atom is -0.379 e. The molecule has 32 heavy (non-hydrogen) atoms. The van der Waals surface area contributed by atoms with Crippen LogP contribution in [0.25, 0.3) is 0 Å². The fourth-order valence-electron chi connectivity index (χ4n) is 5.82. The second kappa shape index (κ2) is 12.4. The summed E-state index contributed by atoms with van der Waals surface area (Å²) in [6.45, 7) is 10.6. The van der Waals surface area contributed by atoms with Crippen LogP contribution in [-0.2, 0) is 14.3 Å². The molecule has 3 aliphatic rings. The molecule has 2 amide bonds. The summed E-state index contributed by atoms with van der Waals surface area (Å²) in [5.74, 6) is 1.22. The van der Waals surface area contributed by atoms with E-state index in [0.717, 1.165) is 64.1 Å². The van der Waals surface area contributed by atoms with Crippen molar-refractivity contribution in [2.24, 2.45) is 17.3 Å². The third-order valence-electron chi connectivity index (χ3n) is 7.82. The molecule has 2 atom stereocenters. The fraction of sp³-hybridized carbons (Fsp3) is 0.923. The van der Waals surface area contributed by atoms with Crippen LogP contribution in [0.2, 0.25) is 0 Å². The Kier molecular flexibility index (Phi) is 9.84. The van der Waals surface area contributed by atoms with Crippen molar-refractivity contribution in [2.45, 2.75) is 103 Å². The number of piperidine rings is 1. The summed E-state index contributed by atoms with van der Waals surface area (Å²) in [7, 11) is 0. The lowest BCUT2D eigenvalue weighted by Crippen LogP contribution is -2.56. The Morgan fingerprint density at radius 2 is 1.72 bits per heavy atom. The number of likely N-dealkylation sites (tertiary alicyclic amines) is 1. The largest absolute Gasteiger partial charge is 0.379 e. The summed E-state index contributed by atoms with van der Waals surface area (Å²) in [6.07, 6.45) is 12.1. The lowest BCUT2D eigenvalue weighted by Gasteiger charge is -2.42. The molecular weight excluding hydrogens is 402 g/mol. The first-order chi connectivity index (χ1) is 15.4. The van der Waals surface area contributed by atoms with E-state index in [2.05, 4.69) is 29.4 Å². The molecule has 184 valence electrons. The topological polar surface area (TPSA) is 70.7 Å². The van der Waals surface area contributed by atoms with Gasteiger partial charge in [0.05, 0.1) is 12.0 Å². The van der Waals surface area contributed by atoms with Crippen molar-refractivity contribution < 1.29 is 14.3 Å². The van der Waals surface area contributed by atoms with Crippen LogP contribution in [0.5, 0.6) is 0 Å². The van der Waals surface area contributed by atoms with Crippen LogP contribution < -0.4 is 10.6 Å². The second-order valence-corrected chi connectivity index (χ2v) is 11.2. The second-order valence-electron chi connectivity index (χ2n) is 11.2. The van der Waals surface area contributed by atoms with Crippen molar-refractivity contribution in [2.75, 3.05) is 32.8 Å². The number of nitrogens with zero attached hydrogens (tertiary/aromatic N) is 1. The summed E-state index contributed by atoms with van der Waals surface area (Å²) >= 11 is 0. The summed E-state index contributed by atoms with van der Waals surface area (Å²) < 4.78 is 5.78. The summed E-state index contributed by atoms with van der Waals surface area (Å²) in [5.41, 5.74) is -0.335. The molecule has 3 fully saturated rings. The molecule has 1 spiro atoms. The van der Waals surface area contributed by atoms with E-state index in [4.69, 9.17) is 4.74 Å². The zero-order valence-corrected chi connectivity index (χ0v) is 20.8. The number of hydrogen-bond acceptors (Lipinski definition) is 4. The molecule has 1 saturated carbocycles. The highest BCUT2D eigenvalue weighted by molar-refractivity contribution is 5.90. The monoisotopic (exact) mass is 449 g/mol. The van der Waals surface area contributed by atoms with E-state index in [9.17, 15) is 9.59 Å². The maximum atomic E-state index is 13.7. The van der Waals surface area contributed by atoms with Gasteiger partial charge in [-0.25, -0.2) is 0 Å². The molecule has 0 unspecified atom stereocenters. The van der Waals surface area contributed by atoms with E-state index in [1.165, 1.54) is 32.2 Å². The third kappa shape index (κ3) is 7.44. The van der Waals surface area contributed by atoms with Gasteiger partial charge in [0.25, 0.3) is 0 Å². The van der Waals surface area contributed by atoms with Gasteiger partial charge in [-0.15, -0.1) is 0 Å². The lowest BCUT2D eigenvalue weighted by atomic mass is 9.73. The quantitative estimate of drug-likeness (QED) is 0.683. The van der Waals surface area contributed by atoms with Crippen molar-refractivity contribution in [1.29, 1.82) is 0 Å². The van der Waals surface area contributed by atoms with Gasteiger partial charge in [0.15, 0.2) is 0 Å². The number of carbonyl (C=O) groups is 2. The van der Waals surface area contributed by atoms with Crippen molar-refractivity contribution >= 4 is 11.8 Å². The van der Waals surface area contributed by atoms with Crippen LogP contribution in [0.15, 0.2) is 0 Å². The zero-order chi connectivity index (χ0) is 23.0. The Bertz CT molecular complexity index is 595. The SMILES string of the molecule is CC(C)C[C@@H]1NC(=O)C2(CCCCCOC[C@@H](C)NC1=O)CCN(CC1CCCC1)CC2. The molecule has 2 saturated heterocycles. The summed E-state index contributed by atoms with van der Waals surface area (Å²) in [5, 5.41) is 6.27. The molecule has 6 heteroatoms. The van der Waals surface area contributed by atoms with Crippen LogP contribution in [0, 0.1) is 17.3 Å². The van der Waals surface area contributed by atoms with E-state index in [1.54, 1.807) is 0 Å². The zero-order valence-electron chi connectivity index (χ0n) is 20.8. The Labute approximate surface area is 195 Å². The smallest absolute Gasteiger partial charge is 0.242 e. The Balaban J connectivity index is 1.68. The van der Waals surface area contributed by atoms with Crippen molar-refractivity contribution in [3.63, 3.8) is 0 Å². The Morgan fingerprint density at radius 1 is 1.00 bits per heavy atom. The molecule has 0 radical (unpaired) electrons. The van der Waals surface area contributed by atoms with Gasteiger partial charge in [-0.3, -0.25) is 9.59 Å². The van der Waals surface area contributed by atoms with Gasteiger partial charge in [0, 0.05) is 19.2 Å². The maximum Gasteiger partial charge on any atom is 0.242 e. The Hall–Kier alpha value is -1.14. The highest BCUT2D eigenvalue weighted by Crippen LogP contribution is 2.38. The summed E-state index contributed by atoms with van der Waals surface area (Å²) in [6, 6.07) is -0.522. The van der Waals surface area contributed by atoms with Gasteiger partial charge in [-0.05, 0) is 76.8 Å². The molecule has 0 aromatic heterocycles. The van der Waals surface area contributed by atoms with Gasteiger partial charge < -0.3 is 20.3 Å². The highest BCUT2D eigenvalue weighted by atomic mass is 16.5. The number of ether oxygens (including phenoxy) is 1. The first kappa shape index (κ1) is 25.5. The van der Waals surface area contributed by atoms with E-state index >= 15 is 0 Å². The standard InChI is InChI=1S/C26H47N3O3/c1-20(2)17-23-24(30)27-21(3)19-32-16-8-4-7-11-26(25(31)28-23)12-14-29(15-13-26)18-22-9-5-6-10-22/h20-23H,4-19H2,1-3H3,(H,27,30)(H,28,31)/t21-,23+/m1/s1. The molecule has 2 heterocycles. The molecule has 2 aliphatic heterocycles. The number of rotatable bonds is 4. The van der Waals surface area contributed by atoms with Gasteiger partial charge in [-0.2, -0.15) is 0 Å². The van der Waals surface area contributed by atoms with E-state index < -0.39 is 6.04 Å². The van der Waals surface area contributed by atoms with Gasteiger partial charge in [0.1, 0.15) is 6.04 Å². The third-order valence-corrected chi connectivity index (χ3v) is 7.82. The van der Waals surface area contributed by atoms with Crippen LogP contribution >= 0.6 is 0 Å². The fourth-order valence-corrected chi connectivity index (χ4v) is 5.82. The number of amides is 2. The van der Waals surface area contributed by atoms with Crippen molar-refractivity contribution in [1.82, 2.24) is 15.5 Å². The Morgan fingerprint density at radius 3 is 2.41 bits per heavy atom. The van der Waals surface area contributed by atoms with Gasteiger partial charge in [-0.1, -0.05) is 39.5 Å². The van der Waals surface area contributed by atoms with Crippen LogP contribution in [0.4, 0.5) is 0 Å². The van der Waals surface area contributed by atoms with Crippen LogP contribution in [0.1, 0.15) is 91.4 Å². The molecule has 0 aromatic rings. The first-order valence-electron chi connectivity index (χ1n) is 13.3. The van der Waals surface area contributed by atoms with Crippen LogP contribution in [-0.4, -0.2) is 61.6 Å². The predicted molar refractivity (Wildman–Crippen MR) is 128 cm³/mol. The van der Waals surface area contributed by atoms with Crippen molar-refractivity contribution in [3.05, 3.63) is 0 Å². The molecule has 1 aliphatic carbocycles. The maximum absolute atomic E-state index is 13.7. The molecule has 0 bridgehead atoms. The molecule has 6 nitrogen and oxygen atoms in total. The molecular formula is C26H47N3O3. The average molecular weight is 450 g/mol. The minimum absolute atomic E-state index is 0.0511. The molecule has 2 N–H and O–H groups in total. The number of nitrogens with one attached hydrogen (secondary N) is 2. The molecule has 3 rings (SSSR count). The van der Waals surface area contributed by atoms with Crippen molar-refractivity contribution in [3.8, 4) is 0 Å². The van der Waals surface area contributed by atoms with E-state index in [-0.39, 0.29) is 23.3 Å².